The van der Waals surface area contributed by atoms with Crippen molar-refractivity contribution < 1.29 is 5.11 Å². The van der Waals surface area contributed by atoms with Crippen molar-refractivity contribution in [1.82, 2.24) is 0 Å². The zero-order valence-electron chi connectivity index (χ0n) is 6.55. The molecule has 2 rings (SSSR count). The highest BCUT2D eigenvalue weighted by atomic mass is 35.5. The summed E-state index contributed by atoms with van der Waals surface area (Å²) < 4.78 is 1.05. The second kappa shape index (κ2) is 3.46. The van der Waals surface area contributed by atoms with Crippen LogP contribution in [-0.2, 0) is 6.61 Å². The fourth-order valence-corrected chi connectivity index (χ4v) is 2.64. The average molecular weight is 233 g/mol. The van der Waals surface area contributed by atoms with E-state index in [4.69, 9.17) is 28.3 Å². The molecule has 0 bridgehead atoms. The van der Waals surface area contributed by atoms with Crippen molar-refractivity contribution in [3.05, 3.63) is 33.1 Å². The maximum atomic E-state index is 9.12. The van der Waals surface area contributed by atoms with E-state index in [1.54, 1.807) is 11.3 Å². The van der Waals surface area contributed by atoms with Crippen LogP contribution in [0.2, 0.25) is 10.0 Å². The lowest BCUT2D eigenvalue weighted by Gasteiger charge is -2.04. The molecule has 0 fully saturated rings. The molecule has 68 valence electrons. The number of halogens is 2. The second-order valence-corrected chi connectivity index (χ2v) is 4.37. The van der Waals surface area contributed by atoms with Gasteiger partial charge in [-0.3, -0.25) is 0 Å². The van der Waals surface area contributed by atoms with E-state index in [1.165, 1.54) is 0 Å². The molecule has 0 saturated carbocycles. The topological polar surface area (TPSA) is 20.2 Å². The van der Waals surface area contributed by atoms with Crippen LogP contribution in [0.15, 0.2) is 17.5 Å². The molecule has 0 atom stereocenters. The van der Waals surface area contributed by atoms with Gasteiger partial charge in [0.05, 0.1) is 16.7 Å². The van der Waals surface area contributed by atoms with Gasteiger partial charge in [-0.2, -0.15) is 0 Å². The summed E-state index contributed by atoms with van der Waals surface area (Å²) in [6, 6.07) is 3.76. The van der Waals surface area contributed by atoms with Gasteiger partial charge in [0.25, 0.3) is 0 Å². The normalized spacial score (nSPS) is 11.0. The fourth-order valence-electron chi connectivity index (χ4n) is 1.28. The summed E-state index contributed by atoms with van der Waals surface area (Å²) in [5, 5.41) is 13.0. The van der Waals surface area contributed by atoms with Crippen LogP contribution in [-0.4, -0.2) is 5.11 Å². The van der Waals surface area contributed by atoms with Crippen LogP contribution in [0.3, 0.4) is 0 Å². The zero-order valence-corrected chi connectivity index (χ0v) is 8.88. The van der Waals surface area contributed by atoms with Crippen LogP contribution in [0.1, 0.15) is 5.56 Å². The molecule has 0 aliphatic heterocycles. The van der Waals surface area contributed by atoms with Gasteiger partial charge in [0.1, 0.15) is 0 Å². The minimum Gasteiger partial charge on any atom is -0.392 e. The molecule has 4 heteroatoms. The predicted octanol–water partition coefficient (Wildman–Crippen LogP) is 3.70. The number of benzene rings is 1. The van der Waals surface area contributed by atoms with Crippen LogP contribution < -0.4 is 0 Å². The van der Waals surface area contributed by atoms with E-state index in [1.807, 2.05) is 17.5 Å². The molecule has 1 aromatic carbocycles. The van der Waals surface area contributed by atoms with E-state index in [0.717, 1.165) is 10.1 Å². The van der Waals surface area contributed by atoms with Gasteiger partial charge in [0.15, 0.2) is 0 Å². The van der Waals surface area contributed by atoms with Crippen molar-refractivity contribution in [2.24, 2.45) is 0 Å². The molecule has 0 radical (unpaired) electrons. The van der Waals surface area contributed by atoms with Gasteiger partial charge in [0, 0.05) is 10.3 Å². The van der Waals surface area contributed by atoms with E-state index in [-0.39, 0.29) is 6.61 Å². The van der Waals surface area contributed by atoms with Gasteiger partial charge in [-0.25, -0.2) is 0 Å². The van der Waals surface area contributed by atoms with Gasteiger partial charge >= 0.3 is 0 Å². The lowest BCUT2D eigenvalue weighted by Crippen LogP contribution is -1.86. The number of aliphatic hydroxyl groups is 1. The van der Waals surface area contributed by atoms with E-state index in [0.29, 0.717) is 15.6 Å². The van der Waals surface area contributed by atoms with Crippen molar-refractivity contribution in [2.75, 3.05) is 0 Å². The van der Waals surface area contributed by atoms with Gasteiger partial charge in [-0.05, 0) is 22.9 Å². The summed E-state index contributed by atoms with van der Waals surface area (Å²) in [5.74, 6) is 0. The molecule has 0 unspecified atom stereocenters. The summed E-state index contributed by atoms with van der Waals surface area (Å²) in [6.07, 6.45) is 0. The molecule has 0 amide bonds. The maximum absolute atomic E-state index is 9.12. The Labute approximate surface area is 89.5 Å². The Kier molecular flexibility index (Phi) is 2.47. The molecule has 2 aromatic rings. The van der Waals surface area contributed by atoms with Crippen molar-refractivity contribution in [1.29, 1.82) is 0 Å². The summed E-state index contributed by atoms with van der Waals surface area (Å²) >= 11 is 13.4. The zero-order chi connectivity index (χ0) is 9.42. The van der Waals surface area contributed by atoms with E-state index >= 15 is 0 Å². The van der Waals surface area contributed by atoms with Crippen LogP contribution in [0.4, 0.5) is 0 Å². The minimum atomic E-state index is -0.0768. The van der Waals surface area contributed by atoms with Crippen LogP contribution >= 0.6 is 34.5 Å². The van der Waals surface area contributed by atoms with Crippen molar-refractivity contribution in [2.45, 2.75) is 6.61 Å². The van der Waals surface area contributed by atoms with E-state index in [2.05, 4.69) is 0 Å². The molecule has 13 heavy (non-hydrogen) atoms. The Balaban J connectivity index is 2.87. The number of fused-ring (bicyclic) bond motifs is 1. The number of hydrogen-bond donors (Lipinski definition) is 1. The molecular formula is C9H6Cl2OS. The lowest BCUT2D eigenvalue weighted by molar-refractivity contribution is 0.283. The number of aliphatic hydroxyl groups excluding tert-OH is 1. The Morgan fingerprint density at radius 3 is 2.85 bits per heavy atom. The smallest absolute Gasteiger partial charge is 0.0703 e. The fraction of sp³-hybridized carbons (Fsp3) is 0.111. The molecule has 1 nitrogen and oxygen atoms in total. The van der Waals surface area contributed by atoms with Crippen molar-refractivity contribution in [3.8, 4) is 0 Å². The van der Waals surface area contributed by atoms with Gasteiger partial charge in [0.2, 0.25) is 0 Å². The summed E-state index contributed by atoms with van der Waals surface area (Å²) in [7, 11) is 0. The van der Waals surface area contributed by atoms with Crippen molar-refractivity contribution >= 4 is 44.6 Å². The first-order valence-corrected chi connectivity index (χ1v) is 5.32. The summed E-state index contributed by atoms with van der Waals surface area (Å²) in [5.41, 5.74) is 0.713. The monoisotopic (exact) mass is 232 g/mol. The van der Waals surface area contributed by atoms with Crippen LogP contribution in [0, 0.1) is 0 Å². The number of hydrogen-bond acceptors (Lipinski definition) is 2. The largest absolute Gasteiger partial charge is 0.392 e. The van der Waals surface area contributed by atoms with Crippen molar-refractivity contribution in [3.63, 3.8) is 0 Å². The quantitative estimate of drug-likeness (QED) is 0.796. The minimum absolute atomic E-state index is 0.0768. The highest BCUT2D eigenvalue weighted by Crippen LogP contribution is 2.35. The van der Waals surface area contributed by atoms with Crippen LogP contribution in [0.25, 0.3) is 10.1 Å². The van der Waals surface area contributed by atoms with E-state index < -0.39 is 0 Å². The SMILES string of the molecule is OCc1c(Cl)c(Cl)cc2sccc12. The predicted molar refractivity (Wildman–Crippen MR) is 57.8 cm³/mol. The molecular weight excluding hydrogens is 227 g/mol. The summed E-state index contributed by atoms with van der Waals surface area (Å²) in [6.45, 7) is -0.0768. The summed E-state index contributed by atoms with van der Waals surface area (Å²) in [4.78, 5) is 0. The number of thiophene rings is 1. The third kappa shape index (κ3) is 1.44. The lowest BCUT2D eigenvalue weighted by atomic mass is 10.1. The van der Waals surface area contributed by atoms with Gasteiger partial charge in [-0.1, -0.05) is 23.2 Å². The maximum Gasteiger partial charge on any atom is 0.0703 e. The number of rotatable bonds is 1. The molecule has 1 aromatic heterocycles. The molecule has 0 aliphatic carbocycles. The average Bonchev–Trinajstić information content (AvgIpc) is 2.54. The Bertz CT molecular complexity index is 450. The Morgan fingerprint density at radius 1 is 1.38 bits per heavy atom. The highest BCUT2D eigenvalue weighted by molar-refractivity contribution is 7.17. The van der Waals surface area contributed by atoms with Gasteiger partial charge < -0.3 is 5.11 Å². The molecule has 0 saturated heterocycles. The first-order chi connectivity index (χ1) is 6.24. The van der Waals surface area contributed by atoms with Crippen LogP contribution in [0.5, 0.6) is 0 Å². The first-order valence-electron chi connectivity index (χ1n) is 3.69. The molecule has 1 N–H and O–H groups in total. The third-order valence-corrected chi connectivity index (χ3v) is 3.60. The van der Waals surface area contributed by atoms with E-state index in [9.17, 15) is 0 Å². The molecule has 1 heterocycles. The molecule has 0 spiro atoms. The first kappa shape index (κ1) is 9.28. The Hall–Kier alpha value is -0.280. The standard InChI is InChI=1S/C9H6Cl2OS/c10-7-3-8-5(1-2-13-8)6(4-12)9(7)11/h1-3,12H,4H2. The molecule has 0 aliphatic rings. The third-order valence-electron chi connectivity index (χ3n) is 1.91. The van der Waals surface area contributed by atoms with Gasteiger partial charge in [-0.15, -0.1) is 11.3 Å². The Morgan fingerprint density at radius 2 is 2.15 bits per heavy atom. The second-order valence-electron chi connectivity index (χ2n) is 2.64. The highest BCUT2D eigenvalue weighted by Gasteiger charge is 2.10.